The Morgan fingerprint density at radius 3 is 2.73 bits per heavy atom. The second-order valence-corrected chi connectivity index (χ2v) is 5.30. The van der Waals surface area contributed by atoms with E-state index in [9.17, 15) is 0 Å². The first-order chi connectivity index (χ1) is 7.45. The zero-order chi connectivity index (χ0) is 10.1. The van der Waals surface area contributed by atoms with Gasteiger partial charge in [-0.15, -0.1) is 0 Å². The van der Waals surface area contributed by atoms with Crippen molar-refractivity contribution in [3.8, 4) is 0 Å². The number of nitrogens with zero attached hydrogens (tertiary/aromatic N) is 1. The highest BCUT2D eigenvalue weighted by Crippen LogP contribution is 2.28. The second kappa shape index (κ2) is 4.40. The number of nitrogens with one attached hydrogen (secondary N) is 2. The predicted octanol–water partition coefficient (Wildman–Crippen LogP) is 0.565. The lowest BCUT2D eigenvalue weighted by atomic mass is 10.0. The van der Waals surface area contributed by atoms with Crippen LogP contribution in [0.1, 0.15) is 32.1 Å². The fourth-order valence-electron chi connectivity index (χ4n) is 3.66. The Bertz CT molecular complexity index is 185. The van der Waals surface area contributed by atoms with E-state index in [1.807, 2.05) is 0 Å². The molecule has 0 saturated carbocycles. The molecule has 0 bridgehead atoms. The summed E-state index contributed by atoms with van der Waals surface area (Å²) < 4.78 is 0. The summed E-state index contributed by atoms with van der Waals surface area (Å²) in [6.07, 6.45) is 7.00. The summed E-state index contributed by atoms with van der Waals surface area (Å²) >= 11 is 0. The summed E-state index contributed by atoms with van der Waals surface area (Å²) in [6.45, 7) is 5.04. The van der Waals surface area contributed by atoms with Crippen molar-refractivity contribution >= 4 is 0 Å². The molecule has 3 unspecified atom stereocenters. The van der Waals surface area contributed by atoms with Crippen LogP contribution in [0.2, 0.25) is 0 Å². The molecule has 0 spiro atoms. The van der Waals surface area contributed by atoms with Crippen molar-refractivity contribution < 1.29 is 0 Å². The van der Waals surface area contributed by atoms with Crippen molar-refractivity contribution in [1.29, 1.82) is 0 Å². The SMILES string of the molecule is C1CNC(C2CCCN2C2CCNC2)C1. The molecule has 86 valence electrons. The molecule has 3 saturated heterocycles. The number of hydrogen-bond donors (Lipinski definition) is 2. The lowest BCUT2D eigenvalue weighted by Crippen LogP contribution is -2.49. The lowest BCUT2D eigenvalue weighted by molar-refractivity contribution is 0.162. The molecule has 3 aliphatic rings. The fraction of sp³-hybridized carbons (Fsp3) is 1.00. The Morgan fingerprint density at radius 2 is 2.00 bits per heavy atom. The molecule has 0 aromatic carbocycles. The average molecular weight is 209 g/mol. The van der Waals surface area contributed by atoms with Gasteiger partial charge in [0.1, 0.15) is 0 Å². The van der Waals surface area contributed by atoms with E-state index in [0.717, 1.165) is 18.1 Å². The third kappa shape index (κ3) is 1.93. The number of likely N-dealkylation sites (tertiary alicyclic amines) is 1. The molecule has 0 aromatic rings. The van der Waals surface area contributed by atoms with Gasteiger partial charge in [-0.1, -0.05) is 0 Å². The maximum Gasteiger partial charge on any atom is 0.0253 e. The van der Waals surface area contributed by atoms with Gasteiger partial charge in [-0.2, -0.15) is 0 Å². The molecular formula is C12H23N3. The first-order valence-electron chi connectivity index (χ1n) is 6.65. The molecular weight excluding hydrogens is 186 g/mol. The molecule has 3 rings (SSSR count). The van der Waals surface area contributed by atoms with Crippen LogP contribution < -0.4 is 10.6 Å². The van der Waals surface area contributed by atoms with Crippen LogP contribution in [0.5, 0.6) is 0 Å². The lowest BCUT2D eigenvalue weighted by Gasteiger charge is -2.33. The minimum atomic E-state index is 0.799. The number of rotatable bonds is 2. The largest absolute Gasteiger partial charge is 0.315 e. The van der Waals surface area contributed by atoms with Crippen LogP contribution >= 0.6 is 0 Å². The highest BCUT2D eigenvalue weighted by molar-refractivity contribution is 4.96. The van der Waals surface area contributed by atoms with Crippen LogP contribution in [0.25, 0.3) is 0 Å². The van der Waals surface area contributed by atoms with Crippen LogP contribution in [0.4, 0.5) is 0 Å². The highest BCUT2D eigenvalue weighted by Gasteiger charge is 2.37. The summed E-state index contributed by atoms with van der Waals surface area (Å²) in [5, 5.41) is 7.19. The molecule has 3 atom stereocenters. The predicted molar refractivity (Wildman–Crippen MR) is 62.0 cm³/mol. The van der Waals surface area contributed by atoms with Gasteiger partial charge in [-0.25, -0.2) is 0 Å². The molecule has 3 heterocycles. The maximum absolute atomic E-state index is 3.69. The maximum atomic E-state index is 3.69. The van der Waals surface area contributed by atoms with Crippen LogP contribution in [0.3, 0.4) is 0 Å². The van der Waals surface area contributed by atoms with Crippen molar-refractivity contribution in [2.45, 2.75) is 50.2 Å². The Morgan fingerprint density at radius 1 is 1.00 bits per heavy atom. The third-order valence-electron chi connectivity index (χ3n) is 4.41. The van der Waals surface area contributed by atoms with E-state index in [0.29, 0.717) is 0 Å². The summed E-state index contributed by atoms with van der Waals surface area (Å²) in [5.41, 5.74) is 0. The van der Waals surface area contributed by atoms with Gasteiger partial charge in [0, 0.05) is 24.7 Å². The summed E-state index contributed by atoms with van der Waals surface area (Å²) in [7, 11) is 0. The average Bonchev–Trinajstić information content (AvgIpc) is 3.01. The second-order valence-electron chi connectivity index (χ2n) is 5.30. The minimum absolute atomic E-state index is 0.799. The van der Waals surface area contributed by atoms with E-state index in [2.05, 4.69) is 15.5 Å². The van der Waals surface area contributed by atoms with Gasteiger partial charge in [0.2, 0.25) is 0 Å². The van der Waals surface area contributed by atoms with Gasteiger partial charge in [0.05, 0.1) is 0 Å². The Labute approximate surface area is 92.6 Å². The monoisotopic (exact) mass is 209 g/mol. The smallest absolute Gasteiger partial charge is 0.0253 e. The minimum Gasteiger partial charge on any atom is -0.315 e. The van der Waals surface area contributed by atoms with Crippen molar-refractivity contribution in [2.24, 2.45) is 0 Å². The van der Waals surface area contributed by atoms with E-state index in [4.69, 9.17) is 0 Å². The summed E-state index contributed by atoms with van der Waals surface area (Å²) in [5.74, 6) is 0. The van der Waals surface area contributed by atoms with Gasteiger partial charge < -0.3 is 10.6 Å². The molecule has 15 heavy (non-hydrogen) atoms. The van der Waals surface area contributed by atoms with E-state index < -0.39 is 0 Å². The van der Waals surface area contributed by atoms with Crippen molar-refractivity contribution in [2.75, 3.05) is 26.2 Å². The van der Waals surface area contributed by atoms with E-state index in [-0.39, 0.29) is 0 Å². The zero-order valence-electron chi connectivity index (χ0n) is 9.54. The molecule has 3 fully saturated rings. The van der Waals surface area contributed by atoms with Crippen molar-refractivity contribution in [1.82, 2.24) is 15.5 Å². The summed E-state index contributed by atoms with van der Waals surface area (Å²) in [4.78, 5) is 2.79. The van der Waals surface area contributed by atoms with Gasteiger partial charge >= 0.3 is 0 Å². The van der Waals surface area contributed by atoms with E-state index >= 15 is 0 Å². The van der Waals surface area contributed by atoms with Gasteiger partial charge in [-0.05, 0) is 51.7 Å². The van der Waals surface area contributed by atoms with E-state index in [1.165, 1.54) is 58.3 Å². The van der Waals surface area contributed by atoms with Crippen molar-refractivity contribution in [3.05, 3.63) is 0 Å². The Hall–Kier alpha value is -0.120. The van der Waals surface area contributed by atoms with Crippen molar-refractivity contribution in [3.63, 3.8) is 0 Å². The zero-order valence-corrected chi connectivity index (χ0v) is 9.54. The topological polar surface area (TPSA) is 27.3 Å². The van der Waals surface area contributed by atoms with Gasteiger partial charge in [0.15, 0.2) is 0 Å². The fourth-order valence-corrected chi connectivity index (χ4v) is 3.66. The third-order valence-corrected chi connectivity index (χ3v) is 4.41. The highest BCUT2D eigenvalue weighted by atomic mass is 15.3. The van der Waals surface area contributed by atoms with Crippen LogP contribution in [-0.2, 0) is 0 Å². The molecule has 3 heteroatoms. The van der Waals surface area contributed by atoms with E-state index in [1.54, 1.807) is 0 Å². The quantitative estimate of drug-likeness (QED) is 0.696. The van der Waals surface area contributed by atoms with Crippen LogP contribution in [0, 0.1) is 0 Å². The first kappa shape index (κ1) is 10.1. The molecule has 3 aliphatic heterocycles. The molecule has 0 aliphatic carbocycles. The van der Waals surface area contributed by atoms with Crippen LogP contribution in [0.15, 0.2) is 0 Å². The van der Waals surface area contributed by atoms with Gasteiger partial charge in [-0.3, -0.25) is 4.90 Å². The molecule has 3 nitrogen and oxygen atoms in total. The van der Waals surface area contributed by atoms with Crippen LogP contribution in [-0.4, -0.2) is 49.2 Å². The normalized spacial score (nSPS) is 42.8. The Balaban J connectivity index is 1.65. The molecule has 0 radical (unpaired) electrons. The molecule has 2 N–H and O–H groups in total. The standard InChI is InChI=1S/C12H23N3/c1-3-11(14-6-1)12-4-2-8-15(12)10-5-7-13-9-10/h10-14H,1-9H2. The van der Waals surface area contributed by atoms with Gasteiger partial charge in [0.25, 0.3) is 0 Å². The Kier molecular flexibility index (Phi) is 2.95. The first-order valence-corrected chi connectivity index (χ1v) is 6.65. The number of hydrogen-bond acceptors (Lipinski definition) is 3. The molecule has 0 amide bonds. The summed E-state index contributed by atoms with van der Waals surface area (Å²) in [6, 6.07) is 2.48. The molecule has 0 aromatic heterocycles.